The van der Waals surface area contributed by atoms with Crippen molar-refractivity contribution in [1.82, 2.24) is 4.90 Å². The van der Waals surface area contributed by atoms with Gasteiger partial charge < -0.3 is 19.5 Å². The molecule has 6 nitrogen and oxygen atoms in total. The van der Waals surface area contributed by atoms with Gasteiger partial charge in [-0.1, -0.05) is 30.3 Å². The third-order valence-electron chi connectivity index (χ3n) is 6.16. The topological polar surface area (TPSA) is 60.0 Å². The Labute approximate surface area is 207 Å². The molecule has 1 aliphatic rings. The average molecular weight is 475 g/mol. The first-order valence-electron chi connectivity index (χ1n) is 12.1. The number of carbonyl (C=O) groups is 1. The lowest BCUT2D eigenvalue weighted by molar-refractivity contribution is 0.0695. The highest BCUT2D eigenvalue weighted by atomic mass is 16.5. The molecule has 2 bridgehead atoms. The smallest absolute Gasteiger partial charge is 0.255 e. The number of rotatable bonds is 4. The summed E-state index contributed by atoms with van der Waals surface area (Å²) < 4.78 is 17.2. The minimum absolute atomic E-state index is 0.176. The maximum atomic E-state index is 13.0. The number of ether oxygens (including phenoxy) is 3. The van der Waals surface area contributed by atoms with Crippen LogP contribution in [-0.2, 0) is 17.7 Å². The second-order valence-electron chi connectivity index (χ2n) is 9.03. The van der Waals surface area contributed by atoms with E-state index in [1.54, 1.807) is 19.2 Å². The lowest BCUT2D eigenvalue weighted by Crippen LogP contribution is -2.33. The molecule has 1 heterocycles. The molecule has 35 heavy (non-hydrogen) atoms. The standard InChI is InChI=1S/C29H34N2O4/c1-21(2)31-12-13-34-14-15-35-28-11-10-24(29(32)30-26-8-5-9-27(19-26)33-3)18-25(28)17-22-6-4-7-23(16-22)20-31/h4-11,16,18-19,21H,12-15,17,20H2,1-3H3,(H,30,32). The molecule has 184 valence electrons. The Morgan fingerprint density at radius 3 is 2.63 bits per heavy atom. The first-order valence-corrected chi connectivity index (χ1v) is 12.1. The zero-order chi connectivity index (χ0) is 24.6. The largest absolute Gasteiger partial charge is 0.497 e. The number of hydrogen-bond acceptors (Lipinski definition) is 5. The van der Waals surface area contributed by atoms with E-state index >= 15 is 0 Å². The third kappa shape index (κ3) is 6.84. The molecule has 1 N–H and O–H groups in total. The second-order valence-corrected chi connectivity index (χ2v) is 9.03. The van der Waals surface area contributed by atoms with Gasteiger partial charge in [-0.15, -0.1) is 0 Å². The summed E-state index contributed by atoms with van der Waals surface area (Å²) in [5.74, 6) is 1.29. The number of carbonyl (C=O) groups excluding carboxylic acids is 1. The van der Waals surface area contributed by atoms with Gasteiger partial charge in [-0.25, -0.2) is 0 Å². The van der Waals surface area contributed by atoms with Gasteiger partial charge in [0.1, 0.15) is 18.1 Å². The van der Waals surface area contributed by atoms with Gasteiger partial charge in [0.05, 0.1) is 20.3 Å². The number of anilines is 1. The molecule has 0 saturated heterocycles. The van der Waals surface area contributed by atoms with Crippen LogP contribution < -0.4 is 14.8 Å². The van der Waals surface area contributed by atoms with Crippen LogP contribution in [0.3, 0.4) is 0 Å². The van der Waals surface area contributed by atoms with Crippen molar-refractivity contribution in [2.45, 2.75) is 32.9 Å². The summed E-state index contributed by atoms with van der Waals surface area (Å²) in [7, 11) is 1.61. The Morgan fingerprint density at radius 1 is 0.971 bits per heavy atom. The first kappa shape index (κ1) is 24.8. The van der Waals surface area contributed by atoms with Gasteiger partial charge >= 0.3 is 0 Å². The summed E-state index contributed by atoms with van der Waals surface area (Å²) >= 11 is 0. The molecule has 3 aromatic rings. The Kier molecular flexibility index (Phi) is 8.40. The Morgan fingerprint density at radius 2 is 1.80 bits per heavy atom. The molecule has 0 atom stereocenters. The molecule has 0 aliphatic carbocycles. The minimum atomic E-state index is -0.176. The zero-order valence-corrected chi connectivity index (χ0v) is 20.8. The van der Waals surface area contributed by atoms with E-state index in [1.807, 2.05) is 30.3 Å². The predicted octanol–water partition coefficient (Wildman–Crippen LogP) is 5.16. The van der Waals surface area contributed by atoms with Crippen molar-refractivity contribution >= 4 is 11.6 Å². The number of nitrogens with zero attached hydrogens (tertiary/aromatic N) is 1. The van der Waals surface area contributed by atoms with Crippen molar-refractivity contribution in [3.05, 3.63) is 89.0 Å². The van der Waals surface area contributed by atoms with E-state index in [-0.39, 0.29) is 5.91 Å². The fourth-order valence-corrected chi connectivity index (χ4v) is 4.21. The fourth-order valence-electron chi connectivity index (χ4n) is 4.21. The first-order chi connectivity index (χ1) is 17.0. The summed E-state index contributed by atoms with van der Waals surface area (Å²) in [6.45, 7) is 7.83. The lowest BCUT2D eigenvalue weighted by atomic mass is 9.99. The van der Waals surface area contributed by atoms with Crippen LogP contribution >= 0.6 is 0 Å². The van der Waals surface area contributed by atoms with Crippen molar-refractivity contribution < 1.29 is 19.0 Å². The van der Waals surface area contributed by atoms with Gasteiger partial charge in [0.2, 0.25) is 0 Å². The van der Waals surface area contributed by atoms with Crippen molar-refractivity contribution in [3.8, 4) is 11.5 Å². The van der Waals surface area contributed by atoms with Crippen LogP contribution in [0, 0.1) is 0 Å². The summed E-state index contributed by atoms with van der Waals surface area (Å²) in [6, 6.07) is 22.0. The number of amides is 1. The third-order valence-corrected chi connectivity index (χ3v) is 6.16. The fraction of sp³-hybridized carbons (Fsp3) is 0.345. The van der Waals surface area contributed by atoms with E-state index in [9.17, 15) is 4.79 Å². The van der Waals surface area contributed by atoms with Crippen molar-refractivity contribution in [2.24, 2.45) is 0 Å². The molecule has 0 radical (unpaired) electrons. The van der Waals surface area contributed by atoms with Crippen LogP contribution in [0.15, 0.2) is 66.7 Å². The average Bonchev–Trinajstić information content (AvgIpc) is 2.85. The second kappa shape index (κ2) is 11.9. The molecular formula is C29H34N2O4. The molecule has 3 aromatic carbocycles. The van der Waals surface area contributed by atoms with Gasteiger partial charge in [0.25, 0.3) is 5.91 Å². The number of methoxy groups -OCH3 is 1. The molecule has 1 aliphatic heterocycles. The van der Waals surface area contributed by atoms with E-state index in [0.717, 1.165) is 24.4 Å². The number of nitrogens with one attached hydrogen (secondary N) is 1. The zero-order valence-electron chi connectivity index (χ0n) is 20.8. The normalized spacial score (nSPS) is 15.0. The quantitative estimate of drug-likeness (QED) is 0.566. The Hall–Kier alpha value is -3.35. The number of benzene rings is 3. The van der Waals surface area contributed by atoms with Crippen LogP contribution in [0.25, 0.3) is 0 Å². The number of hydrogen-bond donors (Lipinski definition) is 1. The van der Waals surface area contributed by atoms with Crippen LogP contribution in [0.4, 0.5) is 5.69 Å². The van der Waals surface area contributed by atoms with Crippen LogP contribution in [-0.4, -0.2) is 50.3 Å². The maximum Gasteiger partial charge on any atom is 0.255 e. The van der Waals surface area contributed by atoms with Gasteiger partial charge in [0.15, 0.2) is 0 Å². The monoisotopic (exact) mass is 474 g/mol. The van der Waals surface area contributed by atoms with Gasteiger partial charge in [0, 0.05) is 42.9 Å². The van der Waals surface area contributed by atoms with Crippen molar-refractivity contribution in [1.29, 1.82) is 0 Å². The molecule has 0 spiro atoms. The highest BCUT2D eigenvalue weighted by Gasteiger charge is 2.15. The van der Waals surface area contributed by atoms with Gasteiger partial charge in [-0.05, 0) is 60.9 Å². The molecular weight excluding hydrogens is 440 g/mol. The van der Waals surface area contributed by atoms with Gasteiger partial charge in [-0.3, -0.25) is 9.69 Å². The van der Waals surface area contributed by atoms with Crippen molar-refractivity contribution in [3.63, 3.8) is 0 Å². The van der Waals surface area contributed by atoms with E-state index in [1.165, 1.54) is 11.1 Å². The van der Waals surface area contributed by atoms with Gasteiger partial charge in [-0.2, -0.15) is 0 Å². The molecule has 0 unspecified atom stereocenters. The molecule has 6 heteroatoms. The minimum Gasteiger partial charge on any atom is -0.497 e. The molecule has 0 aromatic heterocycles. The van der Waals surface area contributed by atoms with Crippen molar-refractivity contribution in [2.75, 3.05) is 38.8 Å². The highest BCUT2D eigenvalue weighted by Crippen LogP contribution is 2.26. The van der Waals surface area contributed by atoms with E-state index < -0.39 is 0 Å². The van der Waals surface area contributed by atoms with Crippen LogP contribution in [0.5, 0.6) is 11.5 Å². The summed E-state index contributed by atoms with van der Waals surface area (Å²) in [5, 5.41) is 2.96. The molecule has 4 rings (SSSR count). The Bertz CT molecular complexity index is 1150. The molecule has 0 fully saturated rings. The molecule has 1 amide bonds. The van der Waals surface area contributed by atoms with E-state index in [0.29, 0.717) is 49.3 Å². The summed E-state index contributed by atoms with van der Waals surface area (Å²) in [4.78, 5) is 15.4. The molecule has 0 saturated carbocycles. The SMILES string of the molecule is COc1cccc(NC(=O)c2ccc3c(c2)Cc2cccc(c2)CN(C(C)C)CCOCCO3)c1. The maximum absolute atomic E-state index is 13.0. The highest BCUT2D eigenvalue weighted by molar-refractivity contribution is 6.04. The van der Waals surface area contributed by atoms with Crippen LogP contribution in [0.1, 0.15) is 40.9 Å². The van der Waals surface area contributed by atoms with E-state index in [4.69, 9.17) is 14.2 Å². The summed E-state index contributed by atoms with van der Waals surface area (Å²) in [6.07, 6.45) is 0.673. The van der Waals surface area contributed by atoms with E-state index in [2.05, 4.69) is 48.3 Å². The van der Waals surface area contributed by atoms with Crippen LogP contribution in [0.2, 0.25) is 0 Å². The lowest BCUT2D eigenvalue weighted by Gasteiger charge is -2.27. The summed E-state index contributed by atoms with van der Waals surface area (Å²) in [5.41, 5.74) is 4.69. The predicted molar refractivity (Wildman–Crippen MR) is 138 cm³/mol. The Balaban J connectivity index is 1.60. The number of fused-ring (bicyclic) bond motifs is 3.